The zero-order chi connectivity index (χ0) is 28.4. The van der Waals surface area contributed by atoms with E-state index in [4.69, 9.17) is 37.7 Å². The highest BCUT2D eigenvalue weighted by Gasteiger charge is 2.45. The van der Waals surface area contributed by atoms with Crippen molar-refractivity contribution in [1.82, 2.24) is 14.7 Å². The summed E-state index contributed by atoms with van der Waals surface area (Å²) in [7, 11) is 3.70. The highest BCUT2D eigenvalue weighted by Crippen LogP contribution is 2.46. The average Bonchev–Trinajstić information content (AvgIpc) is 3.33. The largest absolute Gasteiger partial charge is 0.497 e. The van der Waals surface area contributed by atoms with E-state index in [9.17, 15) is 4.79 Å². The van der Waals surface area contributed by atoms with E-state index >= 15 is 0 Å². The molecule has 0 aromatic heterocycles. The van der Waals surface area contributed by atoms with Gasteiger partial charge in [-0.3, -0.25) is 9.89 Å². The molecule has 2 heterocycles. The molecule has 2 amide bonds. The van der Waals surface area contributed by atoms with E-state index < -0.39 is 6.04 Å². The number of aliphatic imine (C=N–C) groups is 1. The first kappa shape index (κ1) is 31.0. The van der Waals surface area contributed by atoms with E-state index in [1.165, 1.54) is 0 Å². The smallest absolute Gasteiger partial charge is 0.326 e. The molecule has 0 bridgehead atoms. The summed E-state index contributed by atoms with van der Waals surface area (Å²) in [6.07, 6.45) is -0.0891. The monoisotopic (exact) mass is 616 g/mol. The summed E-state index contributed by atoms with van der Waals surface area (Å²) in [6.45, 7) is 6.83. The van der Waals surface area contributed by atoms with Crippen molar-refractivity contribution in [2.24, 2.45) is 4.99 Å². The molecule has 0 spiro atoms. The van der Waals surface area contributed by atoms with Gasteiger partial charge in [-0.1, -0.05) is 47.5 Å². The van der Waals surface area contributed by atoms with Crippen molar-refractivity contribution >= 4 is 47.5 Å². The predicted molar refractivity (Wildman–Crippen MR) is 167 cm³/mol. The number of likely N-dealkylation sites (N-methyl/N-ethyl adjacent to an activating group) is 1. The lowest BCUT2D eigenvalue weighted by Crippen LogP contribution is -2.53. The minimum absolute atomic E-state index is 0. The quantitative estimate of drug-likeness (QED) is 0.296. The first-order chi connectivity index (χ1) is 19.2. The number of carbonyl (C=O) groups excluding carboxylic acids is 1. The van der Waals surface area contributed by atoms with Gasteiger partial charge in [-0.05, 0) is 68.4 Å². The molecule has 0 N–H and O–H groups in total. The van der Waals surface area contributed by atoms with Crippen LogP contribution in [0.1, 0.15) is 42.6 Å². The molecule has 7 nitrogen and oxygen atoms in total. The van der Waals surface area contributed by atoms with Gasteiger partial charge < -0.3 is 19.3 Å². The Morgan fingerprint density at radius 1 is 0.902 bits per heavy atom. The van der Waals surface area contributed by atoms with Crippen molar-refractivity contribution < 1.29 is 14.3 Å². The lowest BCUT2D eigenvalue weighted by atomic mass is 9.93. The molecule has 0 radical (unpaired) electrons. The third kappa shape index (κ3) is 6.75. The predicted octanol–water partition coefficient (Wildman–Crippen LogP) is 7.12. The zero-order valence-electron chi connectivity index (χ0n) is 23.6. The number of amides is 2. The van der Waals surface area contributed by atoms with Crippen LogP contribution in [-0.2, 0) is 0 Å². The first-order valence-corrected chi connectivity index (χ1v) is 14.2. The number of piperazine rings is 1. The van der Waals surface area contributed by atoms with Crippen LogP contribution < -0.4 is 9.47 Å². The fraction of sp³-hybridized carbons (Fsp3) is 0.355. The molecule has 10 heteroatoms. The first-order valence-electron chi connectivity index (χ1n) is 13.5. The van der Waals surface area contributed by atoms with E-state index in [-0.39, 0.29) is 30.6 Å². The second-order valence-corrected chi connectivity index (χ2v) is 11.3. The standard InChI is InChI=1S/C31H34Cl2N4O3.ClH/c1-20(2)40-27-19-25(39-4)13-14-26(27)30-34-28(21-5-9-23(32)10-6-21)29(22-7-11-24(33)12-8-22)37(30)31(38)36-17-15-35(3)16-18-36;/h5-14,19-20,28-29H,15-18H2,1-4H3;1H. The van der Waals surface area contributed by atoms with Crippen molar-refractivity contribution in [1.29, 1.82) is 0 Å². The Labute approximate surface area is 258 Å². The van der Waals surface area contributed by atoms with Crippen molar-refractivity contribution in [3.05, 3.63) is 93.5 Å². The maximum absolute atomic E-state index is 14.5. The molecule has 5 rings (SSSR count). The zero-order valence-corrected chi connectivity index (χ0v) is 25.9. The summed E-state index contributed by atoms with van der Waals surface area (Å²) in [4.78, 5) is 25.7. The molecule has 3 aromatic carbocycles. The average molecular weight is 618 g/mol. The minimum atomic E-state index is -0.408. The van der Waals surface area contributed by atoms with Crippen LogP contribution >= 0.6 is 35.6 Å². The van der Waals surface area contributed by atoms with Gasteiger partial charge >= 0.3 is 6.03 Å². The van der Waals surface area contributed by atoms with Gasteiger partial charge in [0, 0.05) is 42.3 Å². The molecule has 41 heavy (non-hydrogen) atoms. The van der Waals surface area contributed by atoms with Crippen molar-refractivity contribution in [2.45, 2.75) is 32.0 Å². The van der Waals surface area contributed by atoms with Gasteiger partial charge in [0.2, 0.25) is 0 Å². The van der Waals surface area contributed by atoms with Gasteiger partial charge in [0.25, 0.3) is 0 Å². The van der Waals surface area contributed by atoms with Crippen molar-refractivity contribution in [3.63, 3.8) is 0 Å². The Morgan fingerprint density at radius 2 is 1.49 bits per heavy atom. The molecule has 3 aromatic rings. The Bertz CT molecular complexity index is 1370. The molecular formula is C31H35Cl3N4O3. The van der Waals surface area contributed by atoms with E-state index in [1.54, 1.807) is 7.11 Å². The summed E-state index contributed by atoms with van der Waals surface area (Å²) in [5, 5.41) is 1.27. The second-order valence-electron chi connectivity index (χ2n) is 10.4. The number of methoxy groups -OCH3 is 1. The Kier molecular flexibility index (Phi) is 10.1. The Morgan fingerprint density at radius 3 is 2.05 bits per heavy atom. The van der Waals surface area contributed by atoms with E-state index in [0.29, 0.717) is 40.5 Å². The summed E-state index contributed by atoms with van der Waals surface area (Å²) in [6, 6.07) is 20.1. The SMILES string of the molecule is COc1ccc(C2=NC(c3ccc(Cl)cc3)C(c3ccc(Cl)cc3)N2C(=O)N2CCN(C)CC2)c(OC(C)C)c1.Cl. The number of carbonyl (C=O) groups is 1. The normalized spacial score (nSPS) is 19.1. The Balaban J connectivity index is 0.00000387. The van der Waals surface area contributed by atoms with Crippen LogP contribution in [0.25, 0.3) is 0 Å². The number of ether oxygens (including phenoxy) is 2. The molecule has 2 unspecified atom stereocenters. The Hall–Kier alpha value is -2.97. The van der Waals surface area contributed by atoms with Crippen LogP contribution in [0, 0.1) is 0 Å². The number of rotatable bonds is 6. The van der Waals surface area contributed by atoms with Crippen LogP contribution in [0.4, 0.5) is 4.79 Å². The number of nitrogens with zero attached hydrogens (tertiary/aromatic N) is 4. The number of amidine groups is 1. The van der Waals surface area contributed by atoms with E-state index in [0.717, 1.165) is 29.8 Å². The van der Waals surface area contributed by atoms with Gasteiger partial charge in [-0.25, -0.2) is 4.79 Å². The topological polar surface area (TPSA) is 57.6 Å². The highest BCUT2D eigenvalue weighted by molar-refractivity contribution is 6.30. The van der Waals surface area contributed by atoms with Crippen LogP contribution in [0.15, 0.2) is 71.7 Å². The van der Waals surface area contributed by atoms with E-state index in [1.807, 2.05) is 90.4 Å². The third-order valence-electron chi connectivity index (χ3n) is 7.26. The van der Waals surface area contributed by atoms with Gasteiger partial charge in [-0.15, -0.1) is 12.4 Å². The number of urea groups is 1. The number of halogens is 3. The lowest BCUT2D eigenvalue weighted by molar-refractivity contribution is 0.130. The van der Waals surface area contributed by atoms with Gasteiger partial charge in [-0.2, -0.15) is 0 Å². The van der Waals surface area contributed by atoms with Crippen molar-refractivity contribution in [3.8, 4) is 11.5 Å². The minimum Gasteiger partial charge on any atom is -0.497 e. The molecule has 0 saturated carbocycles. The van der Waals surface area contributed by atoms with Crippen LogP contribution in [-0.4, -0.2) is 73.0 Å². The van der Waals surface area contributed by atoms with Gasteiger partial charge in [0.15, 0.2) is 0 Å². The van der Waals surface area contributed by atoms with Crippen molar-refractivity contribution in [2.75, 3.05) is 40.3 Å². The lowest BCUT2D eigenvalue weighted by Gasteiger charge is -2.38. The van der Waals surface area contributed by atoms with Gasteiger partial charge in [0.05, 0.1) is 24.8 Å². The summed E-state index contributed by atoms with van der Waals surface area (Å²) >= 11 is 12.5. The number of hydrogen-bond donors (Lipinski definition) is 0. The fourth-order valence-electron chi connectivity index (χ4n) is 5.17. The molecule has 2 aliphatic rings. The van der Waals surface area contributed by atoms with Crippen LogP contribution in [0.5, 0.6) is 11.5 Å². The van der Waals surface area contributed by atoms with E-state index in [2.05, 4.69) is 11.9 Å². The van der Waals surface area contributed by atoms with Crippen LogP contribution in [0.2, 0.25) is 10.0 Å². The molecule has 1 fully saturated rings. The molecule has 2 atom stereocenters. The highest BCUT2D eigenvalue weighted by atomic mass is 35.5. The summed E-state index contributed by atoms with van der Waals surface area (Å²) in [5.74, 6) is 1.83. The summed E-state index contributed by atoms with van der Waals surface area (Å²) < 4.78 is 11.7. The molecule has 1 saturated heterocycles. The molecule has 218 valence electrons. The molecular weight excluding hydrogens is 583 g/mol. The molecule has 0 aliphatic carbocycles. The van der Waals surface area contributed by atoms with Gasteiger partial charge in [0.1, 0.15) is 23.4 Å². The second kappa shape index (κ2) is 13.3. The fourth-order valence-corrected chi connectivity index (χ4v) is 5.42. The maximum atomic E-state index is 14.5. The number of benzene rings is 3. The molecule has 2 aliphatic heterocycles. The third-order valence-corrected chi connectivity index (χ3v) is 7.77. The summed E-state index contributed by atoms with van der Waals surface area (Å²) in [5.41, 5.74) is 2.62. The number of hydrogen-bond acceptors (Lipinski definition) is 5. The maximum Gasteiger partial charge on any atom is 0.326 e. The van der Waals surface area contributed by atoms with Crippen LogP contribution in [0.3, 0.4) is 0 Å².